The van der Waals surface area contributed by atoms with Crippen LogP contribution in [0.4, 0.5) is 5.69 Å². The third kappa shape index (κ3) is 8.07. The Morgan fingerprint density at radius 3 is 2.37 bits per heavy atom. The Morgan fingerprint density at radius 1 is 1.06 bits per heavy atom. The SMILES string of the molecule is C[C@H](C(=O)NC1CCCCC1)N(CCc1ccccc1)C(=O)CN(c1cccc(Br)c1)S(C)(=O)=O. The van der Waals surface area contributed by atoms with Crippen LogP contribution in [0.3, 0.4) is 0 Å². The molecular weight excluding hydrogens is 530 g/mol. The summed E-state index contributed by atoms with van der Waals surface area (Å²) in [6.07, 6.45) is 6.89. The summed E-state index contributed by atoms with van der Waals surface area (Å²) in [6.45, 7) is 1.63. The van der Waals surface area contributed by atoms with Gasteiger partial charge in [0, 0.05) is 17.1 Å². The lowest BCUT2D eigenvalue weighted by atomic mass is 9.95. The number of nitrogens with one attached hydrogen (secondary N) is 1. The minimum absolute atomic E-state index is 0.124. The van der Waals surface area contributed by atoms with Crippen LogP contribution in [0.2, 0.25) is 0 Å². The Bertz CT molecular complexity index is 1100. The standard InChI is InChI=1S/C26H34BrN3O4S/c1-20(26(32)28-23-13-7-4-8-14-23)29(17-16-21-10-5-3-6-11-21)25(31)19-30(35(2,33)34)24-15-9-12-22(27)18-24/h3,5-6,9-12,15,18,20,23H,4,7-8,13-14,16-17,19H2,1-2H3,(H,28,32)/t20-/m1/s1. The molecule has 0 spiro atoms. The number of hydrogen-bond acceptors (Lipinski definition) is 4. The van der Waals surface area contributed by atoms with Crippen LogP contribution in [0, 0.1) is 0 Å². The van der Waals surface area contributed by atoms with Gasteiger partial charge in [0.25, 0.3) is 0 Å². The van der Waals surface area contributed by atoms with E-state index < -0.39 is 22.0 Å². The predicted molar refractivity (Wildman–Crippen MR) is 143 cm³/mol. The number of halogens is 1. The second-order valence-electron chi connectivity index (χ2n) is 9.09. The first-order valence-electron chi connectivity index (χ1n) is 12.0. The van der Waals surface area contributed by atoms with Gasteiger partial charge >= 0.3 is 0 Å². The number of rotatable bonds is 10. The molecule has 0 bridgehead atoms. The van der Waals surface area contributed by atoms with Gasteiger partial charge in [0.2, 0.25) is 21.8 Å². The van der Waals surface area contributed by atoms with E-state index in [2.05, 4.69) is 21.2 Å². The van der Waals surface area contributed by atoms with Gasteiger partial charge in [-0.05, 0) is 49.9 Å². The number of amides is 2. The molecule has 1 aliphatic rings. The van der Waals surface area contributed by atoms with Crippen LogP contribution in [0.1, 0.15) is 44.6 Å². The first-order valence-corrected chi connectivity index (χ1v) is 14.7. The average Bonchev–Trinajstić information content (AvgIpc) is 2.83. The van der Waals surface area contributed by atoms with E-state index in [4.69, 9.17) is 0 Å². The van der Waals surface area contributed by atoms with Crippen molar-refractivity contribution >= 4 is 43.5 Å². The van der Waals surface area contributed by atoms with Crippen molar-refractivity contribution in [1.29, 1.82) is 0 Å². The number of hydrogen-bond donors (Lipinski definition) is 1. The van der Waals surface area contributed by atoms with Crippen molar-refractivity contribution in [2.24, 2.45) is 0 Å². The zero-order valence-corrected chi connectivity index (χ0v) is 22.7. The molecule has 3 rings (SSSR count). The number of carbonyl (C=O) groups is 2. The zero-order chi connectivity index (χ0) is 25.4. The van der Waals surface area contributed by atoms with Crippen molar-refractivity contribution in [1.82, 2.24) is 10.2 Å². The molecule has 0 aromatic heterocycles. The lowest BCUT2D eigenvalue weighted by Gasteiger charge is -2.33. The largest absolute Gasteiger partial charge is 0.352 e. The molecule has 2 amide bonds. The molecule has 0 radical (unpaired) electrons. The average molecular weight is 565 g/mol. The molecule has 1 N–H and O–H groups in total. The summed E-state index contributed by atoms with van der Waals surface area (Å²) in [6, 6.07) is 15.9. The summed E-state index contributed by atoms with van der Waals surface area (Å²) < 4.78 is 27.0. The predicted octanol–water partition coefficient (Wildman–Crippen LogP) is 4.12. The molecule has 35 heavy (non-hydrogen) atoms. The van der Waals surface area contributed by atoms with Gasteiger partial charge in [-0.2, -0.15) is 0 Å². The molecule has 1 saturated carbocycles. The van der Waals surface area contributed by atoms with Gasteiger partial charge in [0.1, 0.15) is 12.6 Å². The van der Waals surface area contributed by atoms with Crippen LogP contribution in [0.15, 0.2) is 59.1 Å². The molecule has 2 aromatic rings. The van der Waals surface area contributed by atoms with Crippen LogP contribution >= 0.6 is 15.9 Å². The third-order valence-corrected chi connectivity index (χ3v) is 8.01. The number of sulfonamides is 1. The summed E-state index contributed by atoms with van der Waals surface area (Å²) >= 11 is 3.36. The van der Waals surface area contributed by atoms with Crippen molar-refractivity contribution < 1.29 is 18.0 Å². The zero-order valence-electron chi connectivity index (χ0n) is 20.3. The van der Waals surface area contributed by atoms with Crippen LogP contribution in [-0.4, -0.2) is 56.6 Å². The maximum absolute atomic E-state index is 13.5. The number of benzene rings is 2. The van der Waals surface area contributed by atoms with E-state index >= 15 is 0 Å². The van der Waals surface area contributed by atoms with E-state index in [1.165, 1.54) is 11.3 Å². The molecule has 1 aliphatic carbocycles. The van der Waals surface area contributed by atoms with Crippen molar-refractivity contribution in [3.05, 3.63) is 64.6 Å². The second kappa shape index (κ2) is 12.5. The minimum Gasteiger partial charge on any atom is -0.352 e. The molecule has 0 unspecified atom stereocenters. The molecule has 1 atom stereocenters. The van der Waals surface area contributed by atoms with Gasteiger partial charge in [0.15, 0.2) is 0 Å². The Balaban J connectivity index is 1.81. The first-order chi connectivity index (χ1) is 16.6. The minimum atomic E-state index is -3.73. The smallest absolute Gasteiger partial charge is 0.244 e. The summed E-state index contributed by atoms with van der Waals surface area (Å²) in [5.41, 5.74) is 1.43. The van der Waals surface area contributed by atoms with Gasteiger partial charge in [0.05, 0.1) is 11.9 Å². The normalized spacial score (nSPS) is 15.3. The van der Waals surface area contributed by atoms with Crippen LogP contribution in [0.5, 0.6) is 0 Å². The molecule has 9 heteroatoms. The highest BCUT2D eigenvalue weighted by Crippen LogP contribution is 2.23. The summed E-state index contributed by atoms with van der Waals surface area (Å²) in [7, 11) is -3.73. The number of nitrogens with zero attached hydrogens (tertiary/aromatic N) is 2. The van der Waals surface area contributed by atoms with Crippen LogP contribution in [0.25, 0.3) is 0 Å². The third-order valence-electron chi connectivity index (χ3n) is 6.38. The Morgan fingerprint density at radius 2 is 1.74 bits per heavy atom. The lowest BCUT2D eigenvalue weighted by Crippen LogP contribution is -2.53. The maximum Gasteiger partial charge on any atom is 0.244 e. The van der Waals surface area contributed by atoms with Gasteiger partial charge in [-0.25, -0.2) is 8.42 Å². The van der Waals surface area contributed by atoms with E-state index in [-0.39, 0.29) is 18.5 Å². The second-order valence-corrected chi connectivity index (χ2v) is 11.9. The maximum atomic E-state index is 13.5. The van der Waals surface area contributed by atoms with Crippen molar-refractivity contribution in [2.45, 2.75) is 57.5 Å². The van der Waals surface area contributed by atoms with E-state index in [0.29, 0.717) is 23.1 Å². The van der Waals surface area contributed by atoms with Crippen molar-refractivity contribution in [3.63, 3.8) is 0 Å². The Kier molecular flexibility index (Phi) is 9.74. The molecule has 0 heterocycles. The molecule has 0 aliphatic heterocycles. The van der Waals surface area contributed by atoms with E-state index in [0.717, 1.165) is 41.8 Å². The molecule has 7 nitrogen and oxygen atoms in total. The fourth-order valence-electron chi connectivity index (χ4n) is 4.38. The van der Waals surface area contributed by atoms with Crippen LogP contribution < -0.4 is 9.62 Å². The highest BCUT2D eigenvalue weighted by molar-refractivity contribution is 9.10. The monoisotopic (exact) mass is 563 g/mol. The molecular formula is C26H34BrN3O4S. The van der Waals surface area contributed by atoms with Crippen molar-refractivity contribution in [3.8, 4) is 0 Å². The Hall–Kier alpha value is -2.39. The van der Waals surface area contributed by atoms with E-state index in [9.17, 15) is 18.0 Å². The summed E-state index contributed by atoms with van der Waals surface area (Å²) in [4.78, 5) is 28.2. The highest BCUT2D eigenvalue weighted by atomic mass is 79.9. The molecule has 1 fully saturated rings. The summed E-state index contributed by atoms with van der Waals surface area (Å²) in [5.74, 6) is -0.621. The molecule has 0 saturated heterocycles. The van der Waals surface area contributed by atoms with Gasteiger partial charge < -0.3 is 10.2 Å². The molecule has 190 valence electrons. The first kappa shape index (κ1) is 27.2. The van der Waals surface area contributed by atoms with Gasteiger partial charge in [-0.3, -0.25) is 13.9 Å². The van der Waals surface area contributed by atoms with Gasteiger partial charge in [-0.1, -0.05) is 71.6 Å². The Labute approximate surface area is 217 Å². The van der Waals surface area contributed by atoms with Crippen molar-refractivity contribution in [2.75, 3.05) is 23.7 Å². The van der Waals surface area contributed by atoms with Gasteiger partial charge in [-0.15, -0.1) is 0 Å². The topological polar surface area (TPSA) is 86.8 Å². The quantitative estimate of drug-likeness (QED) is 0.471. The fraction of sp³-hybridized carbons (Fsp3) is 0.462. The fourth-order valence-corrected chi connectivity index (χ4v) is 5.61. The summed E-state index contributed by atoms with van der Waals surface area (Å²) in [5, 5.41) is 3.10. The highest BCUT2D eigenvalue weighted by Gasteiger charge is 2.30. The van der Waals surface area contributed by atoms with E-state index in [1.54, 1.807) is 31.2 Å². The van der Waals surface area contributed by atoms with Crippen LogP contribution in [-0.2, 0) is 26.0 Å². The lowest BCUT2D eigenvalue weighted by molar-refractivity contribution is -0.139. The van der Waals surface area contributed by atoms with E-state index in [1.807, 2.05) is 30.3 Å². The number of anilines is 1. The number of carbonyl (C=O) groups excluding carboxylic acids is 2. The molecule has 2 aromatic carbocycles.